The van der Waals surface area contributed by atoms with Crippen LogP contribution in [-0.2, 0) is 15.8 Å². The SMILES string of the molecule is Cc1cccc(C(O)CNS(=O)(=O)Cc2cc(C#N)ccc2F)c1. The monoisotopic (exact) mass is 348 g/mol. The normalized spacial score (nSPS) is 12.6. The molecule has 0 saturated carbocycles. The summed E-state index contributed by atoms with van der Waals surface area (Å²) >= 11 is 0. The third kappa shape index (κ3) is 4.86. The van der Waals surface area contributed by atoms with Crippen LogP contribution in [0.1, 0.15) is 28.4 Å². The fraction of sp³-hybridized carbons (Fsp3) is 0.235. The minimum Gasteiger partial charge on any atom is -0.387 e. The molecule has 1 atom stereocenters. The van der Waals surface area contributed by atoms with Gasteiger partial charge < -0.3 is 5.11 Å². The number of nitriles is 1. The molecule has 2 N–H and O–H groups in total. The number of halogens is 1. The van der Waals surface area contributed by atoms with E-state index in [9.17, 15) is 17.9 Å². The summed E-state index contributed by atoms with van der Waals surface area (Å²) in [4.78, 5) is 0. The second-order valence-corrected chi connectivity index (χ2v) is 7.26. The average Bonchev–Trinajstić information content (AvgIpc) is 2.54. The predicted molar refractivity (Wildman–Crippen MR) is 87.9 cm³/mol. The van der Waals surface area contributed by atoms with E-state index in [-0.39, 0.29) is 17.7 Å². The number of hydrogen-bond acceptors (Lipinski definition) is 4. The van der Waals surface area contributed by atoms with Crippen molar-refractivity contribution in [1.29, 1.82) is 5.26 Å². The van der Waals surface area contributed by atoms with E-state index in [1.807, 2.05) is 19.1 Å². The molecule has 24 heavy (non-hydrogen) atoms. The molecule has 2 rings (SSSR count). The van der Waals surface area contributed by atoms with E-state index < -0.39 is 27.7 Å². The Kier molecular flexibility index (Phi) is 5.67. The summed E-state index contributed by atoms with van der Waals surface area (Å²) in [6.45, 7) is 1.65. The highest BCUT2D eigenvalue weighted by Crippen LogP contribution is 2.16. The molecule has 0 radical (unpaired) electrons. The van der Waals surface area contributed by atoms with Crippen molar-refractivity contribution in [1.82, 2.24) is 4.72 Å². The molecule has 0 aliphatic rings. The van der Waals surface area contributed by atoms with Crippen molar-refractivity contribution in [2.24, 2.45) is 0 Å². The van der Waals surface area contributed by atoms with Crippen molar-refractivity contribution in [2.45, 2.75) is 18.8 Å². The van der Waals surface area contributed by atoms with E-state index in [0.717, 1.165) is 11.6 Å². The van der Waals surface area contributed by atoms with Crippen LogP contribution in [-0.4, -0.2) is 20.1 Å². The van der Waals surface area contributed by atoms with E-state index in [1.54, 1.807) is 18.2 Å². The van der Waals surface area contributed by atoms with Crippen molar-refractivity contribution < 1.29 is 17.9 Å². The Hall–Kier alpha value is -2.27. The summed E-state index contributed by atoms with van der Waals surface area (Å²) in [7, 11) is -3.85. The first-order chi connectivity index (χ1) is 11.3. The zero-order valence-electron chi connectivity index (χ0n) is 13.0. The Morgan fingerprint density at radius 2 is 2.04 bits per heavy atom. The van der Waals surface area contributed by atoms with E-state index in [4.69, 9.17) is 5.26 Å². The molecule has 0 aliphatic carbocycles. The summed E-state index contributed by atoms with van der Waals surface area (Å²) in [6, 6.07) is 12.5. The largest absolute Gasteiger partial charge is 0.387 e. The fourth-order valence-corrected chi connectivity index (χ4v) is 3.36. The van der Waals surface area contributed by atoms with Crippen LogP contribution in [0.4, 0.5) is 4.39 Å². The average molecular weight is 348 g/mol. The van der Waals surface area contributed by atoms with Crippen LogP contribution in [0.3, 0.4) is 0 Å². The Bertz CT molecular complexity index is 876. The first-order valence-corrected chi connectivity index (χ1v) is 8.86. The number of benzene rings is 2. The van der Waals surface area contributed by atoms with Crippen LogP contribution in [0.5, 0.6) is 0 Å². The molecule has 0 aromatic heterocycles. The van der Waals surface area contributed by atoms with Crippen LogP contribution < -0.4 is 4.72 Å². The molecule has 7 heteroatoms. The lowest BCUT2D eigenvalue weighted by molar-refractivity contribution is 0.182. The minimum atomic E-state index is -3.85. The third-order valence-corrected chi connectivity index (χ3v) is 4.74. The van der Waals surface area contributed by atoms with Gasteiger partial charge in [-0.25, -0.2) is 17.5 Å². The maximum atomic E-state index is 13.7. The van der Waals surface area contributed by atoms with Gasteiger partial charge in [-0.3, -0.25) is 0 Å². The minimum absolute atomic E-state index is 0.0911. The molecule has 5 nitrogen and oxygen atoms in total. The molecular formula is C17H17FN2O3S. The molecule has 0 bridgehead atoms. The molecule has 0 heterocycles. The second-order valence-electron chi connectivity index (χ2n) is 5.46. The maximum absolute atomic E-state index is 13.7. The zero-order chi connectivity index (χ0) is 17.7. The quantitative estimate of drug-likeness (QED) is 0.837. The predicted octanol–water partition coefficient (Wildman–Crippen LogP) is 2.16. The van der Waals surface area contributed by atoms with Crippen LogP contribution in [0, 0.1) is 24.1 Å². The summed E-state index contributed by atoms with van der Waals surface area (Å²) in [5.41, 5.74) is 1.63. The van der Waals surface area contributed by atoms with Crippen LogP contribution in [0.2, 0.25) is 0 Å². The third-order valence-electron chi connectivity index (χ3n) is 3.44. The highest BCUT2D eigenvalue weighted by atomic mass is 32.2. The van der Waals surface area contributed by atoms with Gasteiger partial charge in [0.2, 0.25) is 10.0 Å². The number of nitrogens with zero attached hydrogens (tertiary/aromatic N) is 1. The molecular weight excluding hydrogens is 331 g/mol. The molecule has 126 valence electrons. The number of aryl methyl sites for hydroxylation is 1. The van der Waals surface area contributed by atoms with E-state index >= 15 is 0 Å². The van der Waals surface area contributed by atoms with Gasteiger partial charge in [0.15, 0.2) is 0 Å². The Balaban J connectivity index is 2.05. The molecule has 0 aliphatic heterocycles. The number of aliphatic hydroxyl groups excluding tert-OH is 1. The number of rotatable bonds is 6. The summed E-state index contributed by atoms with van der Waals surface area (Å²) in [5, 5.41) is 18.9. The van der Waals surface area contributed by atoms with Crippen molar-refractivity contribution >= 4 is 10.0 Å². The molecule has 0 saturated heterocycles. The van der Waals surface area contributed by atoms with Crippen molar-refractivity contribution in [3.63, 3.8) is 0 Å². The maximum Gasteiger partial charge on any atom is 0.215 e. The first kappa shape index (κ1) is 18.1. The topological polar surface area (TPSA) is 90.2 Å². The summed E-state index contributed by atoms with van der Waals surface area (Å²) in [5.74, 6) is -1.30. The smallest absolute Gasteiger partial charge is 0.215 e. The van der Waals surface area contributed by atoms with Crippen molar-refractivity contribution in [3.05, 3.63) is 70.5 Å². The summed E-state index contributed by atoms with van der Waals surface area (Å²) in [6.07, 6.45) is -1.00. The van der Waals surface area contributed by atoms with Crippen molar-refractivity contribution in [3.8, 4) is 6.07 Å². The first-order valence-electron chi connectivity index (χ1n) is 7.21. The zero-order valence-corrected chi connectivity index (χ0v) is 13.8. The Morgan fingerprint density at radius 1 is 1.29 bits per heavy atom. The highest BCUT2D eigenvalue weighted by molar-refractivity contribution is 7.88. The summed E-state index contributed by atoms with van der Waals surface area (Å²) < 4.78 is 40.1. The van der Waals surface area contributed by atoms with Crippen LogP contribution in [0.15, 0.2) is 42.5 Å². The van der Waals surface area contributed by atoms with Gasteiger partial charge in [-0.2, -0.15) is 5.26 Å². The van der Waals surface area contributed by atoms with Gasteiger partial charge in [0, 0.05) is 12.1 Å². The molecule has 0 spiro atoms. The van der Waals surface area contributed by atoms with Gasteiger partial charge in [-0.1, -0.05) is 29.8 Å². The standard InChI is InChI=1S/C17H17FN2O3S/c1-12-3-2-4-14(7-12)17(21)10-20-24(22,23)11-15-8-13(9-19)5-6-16(15)18/h2-8,17,20-21H,10-11H2,1H3. The lowest BCUT2D eigenvalue weighted by atomic mass is 10.1. The van der Waals surface area contributed by atoms with Crippen LogP contribution in [0.25, 0.3) is 0 Å². The van der Waals surface area contributed by atoms with Gasteiger partial charge in [0.25, 0.3) is 0 Å². The Morgan fingerprint density at radius 3 is 2.71 bits per heavy atom. The number of aliphatic hydroxyl groups is 1. The van der Waals surface area contributed by atoms with Gasteiger partial charge in [-0.05, 0) is 30.7 Å². The number of sulfonamides is 1. The highest BCUT2D eigenvalue weighted by Gasteiger charge is 2.17. The molecule has 0 amide bonds. The number of nitrogens with one attached hydrogen (secondary N) is 1. The Labute approximate surface area is 140 Å². The number of hydrogen-bond donors (Lipinski definition) is 2. The molecule has 1 unspecified atom stereocenters. The lowest BCUT2D eigenvalue weighted by Gasteiger charge is -2.13. The molecule has 2 aromatic carbocycles. The van der Waals surface area contributed by atoms with Gasteiger partial charge in [0.1, 0.15) is 5.82 Å². The fourth-order valence-electron chi connectivity index (χ4n) is 2.21. The van der Waals surface area contributed by atoms with Gasteiger partial charge >= 0.3 is 0 Å². The molecule has 0 fully saturated rings. The van der Waals surface area contributed by atoms with E-state index in [1.165, 1.54) is 12.1 Å². The van der Waals surface area contributed by atoms with Crippen molar-refractivity contribution in [2.75, 3.05) is 6.54 Å². The van der Waals surface area contributed by atoms with Gasteiger partial charge in [-0.15, -0.1) is 0 Å². The van der Waals surface area contributed by atoms with Gasteiger partial charge in [0.05, 0.1) is 23.5 Å². The second kappa shape index (κ2) is 7.53. The van der Waals surface area contributed by atoms with E-state index in [2.05, 4.69) is 4.72 Å². The lowest BCUT2D eigenvalue weighted by Crippen LogP contribution is -2.30. The van der Waals surface area contributed by atoms with E-state index in [0.29, 0.717) is 5.56 Å². The molecule has 2 aromatic rings. The van der Waals surface area contributed by atoms with Crippen LogP contribution >= 0.6 is 0 Å².